The minimum absolute atomic E-state index is 0. The molecule has 4 heteroatoms. The number of aromatic nitrogens is 2. The lowest BCUT2D eigenvalue weighted by molar-refractivity contribution is 0.105. The van der Waals surface area contributed by atoms with Crippen molar-refractivity contribution in [3.05, 3.63) is 59.7 Å². The summed E-state index contributed by atoms with van der Waals surface area (Å²) in [6, 6.07) is 7.57. The monoisotopic (exact) mass is 244 g/mol. The fourth-order valence-electron chi connectivity index (χ4n) is 1.85. The maximum atomic E-state index is 12.1. The van der Waals surface area contributed by atoms with Gasteiger partial charge in [-0.15, -0.1) is 12.4 Å². The number of nitrogens with zero attached hydrogens (tertiary/aromatic N) is 2. The van der Waals surface area contributed by atoms with Crippen molar-refractivity contribution in [2.45, 2.75) is 0 Å². The molecule has 1 aliphatic carbocycles. The zero-order chi connectivity index (χ0) is 11.0. The average Bonchev–Trinajstić information content (AvgIpc) is 2.69. The summed E-state index contributed by atoms with van der Waals surface area (Å²) >= 11 is 0. The molecule has 84 valence electrons. The van der Waals surface area contributed by atoms with E-state index < -0.39 is 0 Å². The second-order valence-electron chi connectivity index (χ2n) is 3.60. The van der Waals surface area contributed by atoms with Crippen molar-refractivity contribution in [2.75, 3.05) is 0 Å². The molecule has 2 aromatic rings. The van der Waals surface area contributed by atoms with E-state index in [0.29, 0.717) is 5.57 Å². The molecule has 0 atom stereocenters. The summed E-state index contributed by atoms with van der Waals surface area (Å²) < 4.78 is 0. The van der Waals surface area contributed by atoms with Gasteiger partial charge in [-0.1, -0.05) is 24.3 Å². The Bertz CT molecular complexity index is 593. The molecule has 0 saturated heterocycles. The fraction of sp³-hybridized carbons (Fsp3) is 0. The Kier molecular flexibility index (Phi) is 3.02. The molecule has 3 nitrogen and oxygen atoms in total. The first kappa shape index (κ1) is 11.5. The van der Waals surface area contributed by atoms with Crippen LogP contribution in [0.5, 0.6) is 0 Å². The van der Waals surface area contributed by atoms with Gasteiger partial charge in [-0.2, -0.15) is 0 Å². The third kappa shape index (κ3) is 1.85. The zero-order valence-corrected chi connectivity index (χ0v) is 9.65. The Morgan fingerprint density at radius 1 is 1.00 bits per heavy atom. The Hall–Kier alpha value is -2.00. The first-order chi connectivity index (χ1) is 7.86. The Morgan fingerprint density at radius 2 is 1.71 bits per heavy atom. The van der Waals surface area contributed by atoms with Crippen LogP contribution in [-0.2, 0) is 0 Å². The molecule has 0 bridgehead atoms. The molecule has 3 rings (SSSR count). The second kappa shape index (κ2) is 4.47. The van der Waals surface area contributed by atoms with Gasteiger partial charge in [-0.3, -0.25) is 4.79 Å². The lowest BCUT2D eigenvalue weighted by Crippen LogP contribution is -1.98. The predicted octanol–water partition coefficient (Wildman–Crippen LogP) is 2.64. The summed E-state index contributed by atoms with van der Waals surface area (Å²) in [5, 5.41) is 0. The van der Waals surface area contributed by atoms with Gasteiger partial charge in [0.05, 0.1) is 0 Å². The molecule has 0 spiro atoms. The van der Waals surface area contributed by atoms with E-state index in [0.717, 1.165) is 16.7 Å². The standard InChI is InChI=1S/C13H8N2O.ClH/c16-13-11-4-2-1-3-9(11)5-12(13)10-6-14-8-15-7-10;/h1-8H;1H. The highest BCUT2D eigenvalue weighted by atomic mass is 35.5. The van der Waals surface area contributed by atoms with Crippen LogP contribution in [0.15, 0.2) is 43.0 Å². The summed E-state index contributed by atoms with van der Waals surface area (Å²) in [5.41, 5.74) is 3.15. The molecule has 1 aromatic carbocycles. The number of hydrogen-bond acceptors (Lipinski definition) is 3. The number of fused-ring (bicyclic) bond motifs is 1. The van der Waals surface area contributed by atoms with Gasteiger partial charge in [-0.05, 0) is 11.6 Å². The van der Waals surface area contributed by atoms with Crippen LogP contribution in [0, 0.1) is 0 Å². The predicted molar refractivity (Wildman–Crippen MR) is 67.9 cm³/mol. The van der Waals surface area contributed by atoms with Gasteiger partial charge in [0.15, 0.2) is 5.78 Å². The molecule has 1 heterocycles. The normalized spacial score (nSPS) is 12.7. The maximum Gasteiger partial charge on any atom is 0.194 e. The molecule has 1 aliphatic rings. The average molecular weight is 245 g/mol. The molecular weight excluding hydrogens is 236 g/mol. The van der Waals surface area contributed by atoms with E-state index in [1.807, 2.05) is 30.3 Å². The first-order valence-electron chi connectivity index (χ1n) is 4.97. The van der Waals surface area contributed by atoms with Crippen molar-refractivity contribution in [3.63, 3.8) is 0 Å². The molecule has 0 amide bonds. The number of ketones is 1. The van der Waals surface area contributed by atoms with E-state index in [4.69, 9.17) is 0 Å². The maximum absolute atomic E-state index is 12.1. The SMILES string of the molecule is Cl.O=C1C(c2cncnc2)=Cc2ccccc21. The van der Waals surface area contributed by atoms with E-state index in [-0.39, 0.29) is 18.2 Å². The smallest absolute Gasteiger partial charge is 0.194 e. The van der Waals surface area contributed by atoms with Crippen LogP contribution in [0.25, 0.3) is 11.6 Å². The van der Waals surface area contributed by atoms with Crippen molar-refractivity contribution in [2.24, 2.45) is 0 Å². The van der Waals surface area contributed by atoms with Gasteiger partial charge in [0.1, 0.15) is 6.33 Å². The van der Waals surface area contributed by atoms with Crippen LogP contribution < -0.4 is 0 Å². The minimum Gasteiger partial charge on any atom is -0.289 e. The number of benzene rings is 1. The van der Waals surface area contributed by atoms with E-state index in [1.54, 1.807) is 12.4 Å². The van der Waals surface area contributed by atoms with E-state index in [1.165, 1.54) is 6.33 Å². The quantitative estimate of drug-likeness (QED) is 0.775. The fourth-order valence-corrected chi connectivity index (χ4v) is 1.85. The number of halogens is 1. The minimum atomic E-state index is 0. The Morgan fingerprint density at radius 3 is 2.41 bits per heavy atom. The summed E-state index contributed by atoms with van der Waals surface area (Å²) in [6.07, 6.45) is 6.65. The number of carbonyl (C=O) groups is 1. The third-order valence-electron chi connectivity index (χ3n) is 2.62. The Balaban J connectivity index is 0.00000108. The van der Waals surface area contributed by atoms with Crippen molar-refractivity contribution in [1.29, 1.82) is 0 Å². The molecule has 0 fully saturated rings. The number of allylic oxidation sites excluding steroid dienone is 1. The van der Waals surface area contributed by atoms with Gasteiger partial charge in [-0.25, -0.2) is 9.97 Å². The summed E-state index contributed by atoms with van der Waals surface area (Å²) in [5.74, 6) is 0.0467. The van der Waals surface area contributed by atoms with Crippen molar-refractivity contribution in [1.82, 2.24) is 9.97 Å². The van der Waals surface area contributed by atoms with E-state index >= 15 is 0 Å². The van der Waals surface area contributed by atoms with Crippen LogP contribution in [-0.4, -0.2) is 15.8 Å². The Labute approximate surface area is 105 Å². The highest BCUT2D eigenvalue weighted by Crippen LogP contribution is 2.30. The van der Waals surface area contributed by atoms with Gasteiger partial charge in [0.2, 0.25) is 0 Å². The molecule has 0 unspecified atom stereocenters. The number of hydrogen-bond donors (Lipinski definition) is 0. The summed E-state index contributed by atoms with van der Waals surface area (Å²) in [6.45, 7) is 0. The van der Waals surface area contributed by atoms with Crippen LogP contribution in [0.1, 0.15) is 21.5 Å². The van der Waals surface area contributed by atoms with Crippen molar-refractivity contribution < 1.29 is 4.79 Å². The summed E-state index contributed by atoms with van der Waals surface area (Å²) in [4.78, 5) is 19.9. The summed E-state index contributed by atoms with van der Waals surface area (Å²) in [7, 11) is 0. The highest BCUT2D eigenvalue weighted by Gasteiger charge is 2.22. The lowest BCUT2D eigenvalue weighted by atomic mass is 10.1. The highest BCUT2D eigenvalue weighted by molar-refractivity contribution is 6.37. The number of carbonyl (C=O) groups excluding carboxylic acids is 1. The van der Waals surface area contributed by atoms with Gasteiger partial charge >= 0.3 is 0 Å². The second-order valence-corrected chi connectivity index (χ2v) is 3.60. The molecule has 0 radical (unpaired) electrons. The topological polar surface area (TPSA) is 42.9 Å². The zero-order valence-electron chi connectivity index (χ0n) is 8.83. The van der Waals surface area contributed by atoms with Crippen LogP contribution >= 0.6 is 12.4 Å². The largest absolute Gasteiger partial charge is 0.289 e. The molecule has 17 heavy (non-hydrogen) atoms. The van der Waals surface area contributed by atoms with Crippen LogP contribution in [0.3, 0.4) is 0 Å². The van der Waals surface area contributed by atoms with E-state index in [2.05, 4.69) is 9.97 Å². The molecule has 0 saturated carbocycles. The van der Waals surface area contributed by atoms with Gasteiger partial charge < -0.3 is 0 Å². The van der Waals surface area contributed by atoms with Gasteiger partial charge in [0, 0.05) is 29.1 Å². The van der Waals surface area contributed by atoms with Gasteiger partial charge in [0.25, 0.3) is 0 Å². The van der Waals surface area contributed by atoms with Crippen LogP contribution in [0.2, 0.25) is 0 Å². The molecule has 0 N–H and O–H groups in total. The van der Waals surface area contributed by atoms with Crippen molar-refractivity contribution in [3.8, 4) is 0 Å². The lowest BCUT2D eigenvalue weighted by Gasteiger charge is -1.98. The molecule has 1 aromatic heterocycles. The number of Topliss-reactive ketones (excluding diaryl/α,β-unsaturated/α-hetero) is 1. The molecular formula is C13H9ClN2O. The third-order valence-corrected chi connectivity index (χ3v) is 2.62. The van der Waals surface area contributed by atoms with E-state index in [9.17, 15) is 4.79 Å². The molecule has 0 aliphatic heterocycles. The number of rotatable bonds is 1. The van der Waals surface area contributed by atoms with Crippen LogP contribution in [0.4, 0.5) is 0 Å². The first-order valence-corrected chi connectivity index (χ1v) is 4.97. The van der Waals surface area contributed by atoms with Crippen molar-refractivity contribution >= 4 is 29.8 Å².